The Hall–Kier alpha value is -5.64. The molecule has 0 atom stereocenters. The van der Waals surface area contributed by atoms with Crippen molar-refractivity contribution in [1.29, 1.82) is 0 Å². The van der Waals surface area contributed by atoms with Gasteiger partial charge in [0.2, 0.25) is 0 Å². The summed E-state index contributed by atoms with van der Waals surface area (Å²) in [4.78, 5) is 2.33. The number of fused-ring (bicyclic) bond motifs is 6. The summed E-state index contributed by atoms with van der Waals surface area (Å²) in [6, 6.07) is 58.4. The fourth-order valence-electron chi connectivity index (χ4n) is 6.58. The monoisotopic (exact) mass is 593 g/mol. The molecule has 0 aliphatic heterocycles. The summed E-state index contributed by atoms with van der Waals surface area (Å²) in [7, 11) is 0. The van der Waals surface area contributed by atoms with Crippen molar-refractivity contribution in [2.75, 3.05) is 4.90 Å². The second-order valence-corrected chi connectivity index (χ2v) is 12.4. The average Bonchev–Trinajstić information content (AvgIpc) is 3.68. The third-order valence-electron chi connectivity index (χ3n) is 8.69. The van der Waals surface area contributed by atoms with Gasteiger partial charge in [0.25, 0.3) is 0 Å². The van der Waals surface area contributed by atoms with Crippen LogP contribution in [-0.4, -0.2) is 0 Å². The van der Waals surface area contributed by atoms with E-state index in [2.05, 4.69) is 157 Å². The van der Waals surface area contributed by atoms with Crippen LogP contribution < -0.4 is 4.90 Å². The van der Waals surface area contributed by atoms with Gasteiger partial charge in [-0.2, -0.15) is 0 Å². The molecule has 0 aliphatic carbocycles. The van der Waals surface area contributed by atoms with Crippen LogP contribution in [0, 0.1) is 0 Å². The smallest absolute Gasteiger partial charge is 0.159 e. The Balaban J connectivity index is 1.23. The molecule has 2 heterocycles. The standard InChI is InChI=1S/C42H27NOS/c1-2-11-28(12-3-1)32-13-4-5-14-33(32)29-21-23-30(24-22-29)43(31-25-26-36-35-16-7-9-20-40(35)45-41(36)27-31)38-18-10-17-37-34-15-6-8-19-39(34)44-42(37)38/h1-27H. The molecule has 7 aromatic carbocycles. The maximum atomic E-state index is 6.56. The van der Waals surface area contributed by atoms with E-state index >= 15 is 0 Å². The van der Waals surface area contributed by atoms with E-state index in [4.69, 9.17) is 4.42 Å². The van der Waals surface area contributed by atoms with Crippen molar-refractivity contribution in [1.82, 2.24) is 0 Å². The van der Waals surface area contributed by atoms with Crippen molar-refractivity contribution in [3.05, 3.63) is 164 Å². The number of anilines is 3. The van der Waals surface area contributed by atoms with Crippen molar-refractivity contribution in [3.63, 3.8) is 0 Å². The largest absolute Gasteiger partial charge is 0.454 e. The molecule has 9 aromatic rings. The van der Waals surface area contributed by atoms with Crippen LogP contribution in [0.2, 0.25) is 0 Å². The van der Waals surface area contributed by atoms with Crippen molar-refractivity contribution in [2.24, 2.45) is 0 Å². The Labute approximate surface area is 265 Å². The van der Waals surface area contributed by atoms with Gasteiger partial charge < -0.3 is 9.32 Å². The lowest BCUT2D eigenvalue weighted by Crippen LogP contribution is -2.10. The van der Waals surface area contributed by atoms with E-state index in [1.54, 1.807) is 0 Å². The first-order chi connectivity index (χ1) is 22.3. The molecular formula is C42H27NOS. The highest BCUT2D eigenvalue weighted by Crippen LogP contribution is 2.45. The summed E-state index contributed by atoms with van der Waals surface area (Å²) in [5.74, 6) is 0. The lowest BCUT2D eigenvalue weighted by molar-refractivity contribution is 0.669. The van der Waals surface area contributed by atoms with E-state index < -0.39 is 0 Å². The van der Waals surface area contributed by atoms with E-state index in [1.807, 2.05) is 23.5 Å². The molecule has 0 bridgehead atoms. The molecule has 0 radical (unpaired) electrons. The van der Waals surface area contributed by atoms with Crippen LogP contribution >= 0.6 is 11.3 Å². The number of hydrogen-bond acceptors (Lipinski definition) is 3. The molecule has 0 spiro atoms. The molecule has 3 heteroatoms. The Morgan fingerprint density at radius 1 is 0.422 bits per heavy atom. The fraction of sp³-hybridized carbons (Fsp3) is 0. The van der Waals surface area contributed by atoms with Gasteiger partial charge in [-0.05, 0) is 64.7 Å². The van der Waals surface area contributed by atoms with Gasteiger partial charge in [-0.15, -0.1) is 11.3 Å². The highest BCUT2D eigenvalue weighted by Gasteiger charge is 2.20. The van der Waals surface area contributed by atoms with Gasteiger partial charge in [-0.1, -0.05) is 121 Å². The van der Waals surface area contributed by atoms with Crippen LogP contribution in [0.1, 0.15) is 0 Å². The lowest BCUT2D eigenvalue weighted by atomic mass is 9.94. The molecule has 0 amide bonds. The first kappa shape index (κ1) is 25.8. The van der Waals surface area contributed by atoms with Gasteiger partial charge >= 0.3 is 0 Å². The highest BCUT2D eigenvalue weighted by molar-refractivity contribution is 7.25. The fourth-order valence-corrected chi connectivity index (χ4v) is 7.72. The summed E-state index contributed by atoms with van der Waals surface area (Å²) < 4.78 is 9.13. The van der Waals surface area contributed by atoms with E-state index in [0.717, 1.165) is 39.0 Å². The van der Waals surface area contributed by atoms with E-state index in [-0.39, 0.29) is 0 Å². The third-order valence-corrected chi connectivity index (χ3v) is 9.83. The maximum Gasteiger partial charge on any atom is 0.159 e. The Bertz CT molecular complexity index is 2490. The zero-order chi connectivity index (χ0) is 29.7. The van der Waals surface area contributed by atoms with E-state index in [9.17, 15) is 0 Å². The van der Waals surface area contributed by atoms with Crippen LogP contribution in [0.15, 0.2) is 168 Å². The quantitative estimate of drug-likeness (QED) is 0.197. The number of benzene rings is 7. The number of para-hydroxylation sites is 2. The Morgan fingerprint density at radius 2 is 1.04 bits per heavy atom. The van der Waals surface area contributed by atoms with Gasteiger partial charge in [0, 0.05) is 42.3 Å². The van der Waals surface area contributed by atoms with Crippen LogP contribution in [0.5, 0.6) is 0 Å². The molecule has 212 valence electrons. The summed E-state index contributed by atoms with van der Waals surface area (Å²) in [6.07, 6.45) is 0. The molecule has 0 saturated carbocycles. The third kappa shape index (κ3) is 4.32. The van der Waals surface area contributed by atoms with E-state index in [0.29, 0.717) is 0 Å². The summed E-state index contributed by atoms with van der Waals surface area (Å²) >= 11 is 1.84. The van der Waals surface area contributed by atoms with Crippen molar-refractivity contribution >= 4 is 70.5 Å². The molecular weight excluding hydrogens is 567 g/mol. The molecule has 0 N–H and O–H groups in total. The van der Waals surface area contributed by atoms with Gasteiger partial charge in [0.15, 0.2) is 5.58 Å². The van der Waals surface area contributed by atoms with Crippen molar-refractivity contribution in [2.45, 2.75) is 0 Å². The van der Waals surface area contributed by atoms with Crippen molar-refractivity contribution < 1.29 is 4.42 Å². The summed E-state index contributed by atoms with van der Waals surface area (Å²) in [5, 5.41) is 4.83. The minimum Gasteiger partial charge on any atom is -0.454 e. The minimum atomic E-state index is 0.883. The molecule has 0 saturated heterocycles. The normalized spacial score (nSPS) is 11.6. The first-order valence-electron chi connectivity index (χ1n) is 15.2. The highest BCUT2D eigenvalue weighted by atomic mass is 32.1. The average molecular weight is 594 g/mol. The molecule has 2 nitrogen and oxygen atoms in total. The second kappa shape index (κ2) is 10.5. The number of hydrogen-bond donors (Lipinski definition) is 0. The summed E-state index contributed by atoms with van der Waals surface area (Å²) in [6.45, 7) is 0. The van der Waals surface area contributed by atoms with Gasteiger partial charge in [0.1, 0.15) is 5.58 Å². The zero-order valence-electron chi connectivity index (χ0n) is 24.4. The number of rotatable bonds is 5. The predicted molar refractivity (Wildman–Crippen MR) is 192 cm³/mol. The second-order valence-electron chi connectivity index (χ2n) is 11.3. The Morgan fingerprint density at radius 3 is 1.87 bits per heavy atom. The van der Waals surface area contributed by atoms with Crippen LogP contribution in [-0.2, 0) is 0 Å². The topological polar surface area (TPSA) is 16.4 Å². The van der Waals surface area contributed by atoms with Crippen molar-refractivity contribution in [3.8, 4) is 22.3 Å². The number of nitrogens with zero attached hydrogens (tertiary/aromatic N) is 1. The molecule has 45 heavy (non-hydrogen) atoms. The van der Waals surface area contributed by atoms with Crippen LogP contribution in [0.25, 0.3) is 64.4 Å². The Kier molecular flexibility index (Phi) is 6.03. The first-order valence-corrected chi connectivity index (χ1v) is 16.0. The van der Waals surface area contributed by atoms with Crippen LogP contribution in [0.4, 0.5) is 17.1 Å². The molecule has 0 fully saturated rings. The minimum absolute atomic E-state index is 0.883. The van der Waals surface area contributed by atoms with E-state index in [1.165, 1.54) is 42.4 Å². The van der Waals surface area contributed by atoms with Gasteiger partial charge in [-0.25, -0.2) is 0 Å². The maximum absolute atomic E-state index is 6.56. The molecule has 0 aliphatic rings. The molecule has 2 aromatic heterocycles. The van der Waals surface area contributed by atoms with Gasteiger partial charge in [-0.3, -0.25) is 0 Å². The summed E-state index contributed by atoms with van der Waals surface area (Å²) in [5.41, 5.74) is 9.80. The van der Waals surface area contributed by atoms with Crippen LogP contribution in [0.3, 0.4) is 0 Å². The van der Waals surface area contributed by atoms with Gasteiger partial charge in [0.05, 0.1) is 5.69 Å². The zero-order valence-corrected chi connectivity index (χ0v) is 25.2. The SMILES string of the molecule is c1ccc(-c2ccccc2-c2ccc(N(c3ccc4c(c3)sc3ccccc34)c3cccc4c3oc3ccccc34)cc2)cc1. The molecule has 9 rings (SSSR count). The number of furan rings is 1. The predicted octanol–water partition coefficient (Wildman–Crippen LogP) is 12.8. The number of thiophene rings is 1. The molecule has 0 unspecified atom stereocenters. The lowest BCUT2D eigenvalue weighted by Gasteiger charge is -2.26.